The van der Waals surface area contributed by atoms with Gasteiger partial charge in [0.15, 0.2) is 0 Å². The molecule has 0 fully saturated rings. The van der Waals surface area contributed by atoms with Crippen LogP contribution in [0.15, 0.2) is 66.7 Å². The minimum absolute atomic E-state index is 0.414. The zero-order valence-electron chi connectivity index (χ0n) is 15.0. The molecular formula is C21H14F3N5. The molecule has 5 rings (SSSR count). The summed E-state index contributed by atoms with van der Waals surface area (Å²) in [6.07, 6.45) is -4.35. The Hall–Kier alpha value is -3.68. The van der Waals surface area contributed by atoms with E-state index in [4.69, 9.17) is 0 Å². The second-order valence-electron chi connectivity index (χ2n) is 6.74. The molecule has 0 atom stereocenters. The van der Waals surface area contributed by atoms with E-state index in [-0.39, 0.29) is 0 Å². The summed E-state index contributed by atoms with van der Waals surface area (Å²) in [5.74, 6) is 0.465. The van der Waals surface area contributed by atoms with Crippen molar-refractivity contribution in [2.45, 2.75) is 12.7 Å². The minimum Gasteiger partial charge on any atom is -0.335 e. The Labute approximate surface area is 162 Å². The molecule has 0 spiro atoms. The van der Waals surface area contributed by atoms with Crippen LogP contribution in [0.2, 0.25) is 0 Å². The Morgan fingerprint density at radius 3 is 2.34 bits per heavy atom. The Kier molecular flexibility index (Phi) is 3.87. The zero-order chi connectivity index (χ0) is 20.0. The molecule has 5 nitrogen and oxygen atoms in total. The zero-order valence-corrected chi connectivity index (χ0v) is 15.0. The monoisotopic (exact) mass is 393 g/mol. The van der Waals surface area contributed by atoms with Crippen molar-refractivity contribution < 1.29 is 13.2 Å². The number of hydrogen-bond acceptors (Lipinski definition) is 3. The highest BCUT2D eigenvalue weighted by atomic mass is 19.4. The van der Waals surface area contributed by atoms with Gasteiger partial charge in [-0.05, 0) is 35.0 Å². The normalized spacial score (nSPS) is 12.1. The minimum atomic E-state index is -4.35. The quantitative estimate of drug-likeness (QED) is 0.467. The third-order valence-electron chi connectivity index (χ3n) is 5.00. The van der Waals surface area contributed by atoms with E-state index in [9.17, 15) is 13.2 Å². The molecule has 0 aliphatic rings. The molecule has 0 aliphatic heterocycles. The molecule has 1 N–H and O–H groups in total. The standard InChI is InChI=1S/C21H14F3N5/c22-21(23,24)14-10-8-13(9-11-14)12-29-18-7-2-1-4-15(18)16-5-3-6-17(19(16)29)20-25-27-28-26-20/h1-11H,12H2,(H,25,26,27,28). The Bertz CT molecular complexity index is 1300. The highest BCUT2D eigenvalue weighted by Crippen LogP contribution is 2.35. The Morgan fingerprint density at radius 1 is 0.862 bits per heavy atom. The lowest BCUT2D eigenvalue weighted by Crippen LogP contribution is -2.06. The van der Waals surface area contributed by atoms with E-state index < -0.39 is 11.7 Å². The third kappa shape index (κ3) is 2.93. The van der Waals surface area contributed by atoms with Gasteiger partial charge < -0.3 is 4.57 Å². The first-order chi connectivity index (χ1) is 14.0. The number of H-pyrrole nitrogens is 1. The third-order valence-corrected chi connectivity index (χ3v) is 5.00. The molecular weight excluding hydrogens is 379 g/mol. The molecule has 8 heteroatoms. The number of hydrogen-bond donors (Lipinski definition) is 1. The number of aromatic nitrogens is 5. The number of nitrogens with zero attached hydrogens (tertiary/aromatic N) is 4. The number of para-hydroxylation sites is 2. The number of halogens is 3. The van der Waals surface area contributed by atoms with Gasteiger partial charge in [-0.1, -0.05) is 42.5 Å². The molecule has 29 heavy (non-hydrogen) atoms. The van der Waals surface area contributed by atoms with Gasteiger partial charge in [-0.25, -0.2) is 0 Å². The maximum Gasteiger partial charge on any atom is 0.416 e. The Balaban J connectivity index is 1.71. The molecule has 3 aromatic carbocycles. The van der Waals surface area contributed by atoms with Crippen molar-refractivity contribution in [3.05, 3.63) is 77.9 Å². The molecule has 2 heterocycles. The van der Waals surface area contributed by atoms with E-state index in [1.165, 1.54) is 12.1 Å². The molecule has 0 saturated heterocycles. The van der Waals surface area contributed by atoms with E-state index >= 15 is 0 Å². The van der Waals surface area contributed by atoms with Crippen LogP contribution >= 0.6 is 0 Å². The van der Waals surface area contributed by atoms with E-state index in [1.54, 1.807) is 0 Å². The molecule has 2 aromatic heterocycles. The van der Waals surface area contributed by atoms with Gasteiger partial charge in [0.25, 0.3) is 0 Å². The van der Waals surface area contributed by atoms with Gasteiger partial charge in [0, 0.05) is 28.4 Å². The SMILES string of the molecule is FC(F)(F)c1ccc(Cn2c3ccccc3c3cccc(-c4nn[nH]n4)c32)cc1. The number of rotatable bonds is 3. The van der Waals surface area contributed by atoms with E-state index in [1.807, 2.05) is 42.5 Å². The van der Waals surface area contributed by atoms with E-state index in [0.717, 1.165) is 45.1 Å². The van der Waals surface area contributed by atoms with Crippen LogP contribution in [0.1, 0.15) is 11.1 Å². The topological polar surface area (TPSA) is 59.4 Å². The van der Waals surface area contributed by atoms with Crippen LogP contribution < -0.4 is 0 Å². The number of fused-ring (bicyclic) bond motifs is 3. The summed E-state index contributed by atoms with van der Waals surface area (Å²) in [5.41, 5.74) is 2.81. The lowest BCUT2D eigenvalue weighted by molar-refractivity contribution is -0.137. The molecule has 5 aromatic rings. The van der Waals surface area contributed by atoms with Gasteiger partial charge in [0.2, 0.25) is 5.82 Å². The first-order valence-corrected chi connectivity index (χ1v) is 8.92. The molecule has 0 radical (unpaired) electrons. The van der Waals surface area contributed by atoms with Gasteiger partial charge in [-0.15, -0.1) is 10.2 Å². The van der Waals surface area contributed by atoms with Crippen molar-refractivity contribution in [3.63, 3.8) is 0 Å². The lowest BCUT2D eigenvalue weighted by atomic mass is 10.1. The maximum absolute atomic E-state index is 12.9. The van der Waals surface area contributed by atoms with E-state index in [2.05, 4.69) is 25.2 Å². The highest BCUT2D eigenvalue weighted by Gasteiger charge is 2.30. The van der Waals surface area contributed by atoms with Crippen molar-refractivity contribution in [1.82, 2.24) is 25.2 Å². The second kappa shape index (κ2) is 6.44. The average Bonchev–Trinajstić information content (AvgIpc) is 3.35. The fraction of sp³-hybridized carbons (Fsp3) is 0.0952. The Morgan fingerprint density at radius 2 is 1.62 bits per heavy atom. The van der Waals surface area contributed by atoms with Crippen molar-refractivity contribution in [1.29, 1.82) is 0 Å². The van der Waals surface area contributed by atoms with Crippen LogP contribution in [0.5, 0.6) is 0 Å². The smallest absolute Gasteiger partial charge is 0.335 e. The van der Waals surface area contributed by atoms with Crippen LogP contribution in [-0.2, 0) is 12.7 Å². The van der Waals surface area contributed by atoms with Crippen molar-refractivity contribution >= 4 is 21.8 Å². The first-order valence-electron chi connectivity index (χ1n) is 8.92. The van der Waals surface area contributed by atoms with E-state index in [0.29, 0.717) is 12.4 Å². The number of tetrazole rings is 1. The molecule has 0 amide bonds. The molecule has 0 aliphatic carbocycles. The number of alkyl halides is 3. The summed E-state index contributed by atoms with van der Waals surface area (Å²) in [5, 5.41) is 16.4. The number of aromatic amines is 1. The molecule has 0 bridgehead atoms. The summed E-state index contributed by atoms with van der Waals surface area (Å²) in [7, 11) is 0. The van der Waals surface area contributed by atoms with Crippen molar-refractivity contribution in [3.8, 4) is 11.4 Å². The fourth-order valence-electron chi connectivity index (χ4n) is 3.71. The summed E-state index contributed by atoms with van der Waals surface area (Å²) < 4.78 is 40.8. The van der Waals surface area contributed by atoms with Gasteiger partial charge in [0.1, 0.15) is 0 Å². The highest BCUT2D eigenvalue weighted by molar-refractivity contribution is 6.12. The molecule has 0 unspecified atom stereocenters. The summed E-state index contributed by atoms with van der Waals surface area (Å²) in [6, 6.07) is 19.1. The average molecular weight is 393 g/mol. The maximum atomic E-state index is 12.9. The van der Waals surface area contributed by atoms with Crippen LogP contribution in [-0.4, -0.2) is 25.2 Å². The van der Waals surface area contributed by atoms with Crippen LogP contribution in [0.3, 0.4) is 0 Å². The van der Waals surface area contributed by atoms with Crippen LogP contribution in [0.4, 0.5) is 13.2 Å². The fourth-order valence-corrected chi connectivity index (χ4v) is 3.71. The van der Waals surface area contributed by atoms with Gasteiger partial charge >= 0.3 is 6.18 Å². The van der Waals surface area contributed by atoms with Gasteiger partial charge in [-0.3, -0.25) is 0 Å². The molecule has 0 saturated carbocycles. The van der Waals surface area contributed by atoms with Gasteiger partial charge in [-0.2, -0.15) is 18.4 Å². The second-order valence-corrected chi connectivity index (χ2v) is 6.74. The van der Waals surface area contributed by atoms with Crippen molar-refractivity contribution in [2.75, 3.05) is 0 Å². The van der Waals surface area contributed by atoms with Crippen LogP contribution in [0, 0.1) is 0 Å². The predicted molar refractivity (Wildman–Crippen MR) is 103 cm³/mol. The summed E-state index contributed by atoms with van der Waals surface area (Å²) in [4.78, 5) is 0. The van der Waals surface area contributed by atoms with Gasteiger partial charge in [0.05, 0.1) is 11.1 Å². The summed E-state index contributed by atoms with van der Waals surface area (Å²) >= 11 is 0. The molecule has 144 valence electrons. The number of benzene rings is 3. The van der Waals surface area contributed by atoms with Crippen LogP contribution in [0.25, 0.3) is 33.2 Å². The summed E-state index contributed by atoms with van der Waals surface area (Å²) in [6.45, 7) is 0.414. The lowest BCUT2D eigenvalue weighted by Gasteiger charge is -2.11. The van der Waals surface area contributed by atoms with Crippen molar-refractivity contribution in [2.24, 2.45) is 0 Å². The number of nitrogens with one attached hydrogen (secondary N) is 1. The largest absolute Gasteiger partial charge is 0.416 e. The first kappa shape index (κ1) is 17.4. The predicted octanol–water partition coefficient (Wildman–Crippen LogP) is 5.04.